The molecule has 0 aliphatic carbocycles. The Balaban J connectivity index is 1.40. The number of aromatic amines is 1. The molecular formula is C33H26Br2ClN3O5. The summed E-state index contributed by atoms with van der Waals surface area (Å²) in [6.07, 6.45) is 1.41. The highest BCUT2D eigenvalue weighted by Crippen LogP contribution is 2.38. The lowest BCUT2D eigenvalue weighted by Gasteiger charge is -2.13. The van der Waals surface area contributed by atoms with Crippen LogP contribution in [0.1, 0.15) is 40.3 Å². The number of carbonyl (C=O) groups excluding carboxylic acids is 2. The number of H-pyrrole nitrogens is 1. The minimum absolute atomic E-state index is 0.246. The standard InChI is InChI=1S/C33H26Br2ClN3O5/c1-3-42-28-13-9-19(16-29(28)43-4-2)33(41)44-27-14-11-21(34)15-20(27)18-37-39-32(40)31-30(23-7-5-6-8-25(23)36)24-17-22(35)10-12-26(24)38-31/h5-18,38H,3-4H2,1-2H3,(H,39,40). The molecule has 1 amide bonds. The third kappa shape index (κ3) is 6.99. The van der Waals surface area contributed by atoms with Gasteiger partial charge in [-0.3, -0.25) is 4.79 Å². The average Bonchev–Trinajstić information content (AvgIpc) is 3.38. The van der Waals surface area contributed by atoms with Gasteiger partial charge in [-0.2, -0.15) is 5.10 Å². The van der Waals surface area contributed by atoms with Gasteiger partial charge < -0.3 is 19.2 Å². The van der Waals surface area contributed by atoms with Gasteiger partial charge in [0.25, 0.3) is 5.91 Å². The first-order chi connectivity index (χ1) is 21.3. The first-order valence-electron chi connectivity index (χ1n) is 13.6. The molecule has 224 valence electrons. The second-order valence-corrected chi connectivity index (χ2v) is 11.6. The van der Waals surface area contributed by atoms with Crippen LogP contribution in [0.15, 0.2) is 92.9 Å². The summed E-state index contributed by atoms with van der Waals surface area (Å²) >= 11 is 13.5. The zero-order chi connectivity index (χ0) is 31.2. The number of nitrogens with one attached hydrogen (secondary N) is 2. The van der Waals surface area contributed by atoms with E-state index in [2.05, 4.69) is 47.4 Å². The van der Waals surface area contributed by atoms with Crippen molar-refractivity contribution in [1.29, 1.82) is 0 Å². The number of nitrogens with zero attached hydrogens (tertiary/aromatic N) is 1. The lowest BCUT2D eigenvalue weighted by atomic mass is 10.0. The van der Waals surface area contributed by atoms with Gasteiger partial charge in [0.15, 0.2) is 11.5 Å². The number of hydrazone groups is 1. The maximum atomic E-state index is 13.4. The van der Waals surface area contributed by atoms with E-state index in [1.165, 1.54) is 6.21 Å². The number of amides is 1. The molecule has 11 heteroatoms. The SMILES string of the molecule is CCOc1ccc(C(=O)Oc2ccc(Br)cc2C=NNC(=O)c2[nH]c3ccc(Br)cc3c2-c2ccccc2Cl)cc1OCC. The van der Waals surface area contributed by atoms with Crippen LogP contribution < -0.4 is 19.6 Å². The summed E-state index contributed by atoms with van der Waals surface area (Å²) in [6.45, 7) is 4.59. The number of ether oxygens (including phenoxy) is 3. The Morgan fingerprint density at radius 3 is 2.36 bits per heavy atom. The number of rotatable bonds is 10. The van der Waals surface area contributed by atoms with Gasteiger partial charge in [0, 0.05) is 41.6 Å². The van der Waals surface area contributed by atoms with E-state index < -0.39 is 11.9 Å². The van der Waals surface area contributed by atoms with Crippen LogP contribution in [0, 0.1) is 0 Å². The van der Waals surface area contributed by atoms with Crippen LogP contribution in [-0.4, -0.2) is 36.3 Å². The van der Waals surface area contributed by atoms with Crippen LogP contribution >= 0.6 is 43.5 Å². The molecule has 4 aromatic carbocycles. The van der Waals surface area contributed by atoms with E-state index in [0.29, 0.717) is 52.1 Å². The van der Waals surface area contributed by atoms with Gasteiger partial charge in [0.2, 0.25) is 0 Å². The lowest BCUT2D eigenvalue weighted by molar-refractivity contribution is 0.0733. The molecule has 0 fully saturated rings. The Morgan fingerprint density at radius 2 is 1.59 bits per heavy atom. The number of benzene rings is 4. The molecule has 0 bridgehead atoms. The molecule has 0 atom stereocenters. The molecule has 5 aromatic rings. The molecule has 0 radical (unpaired) electrons. The molecule has 8 nitrogen and oxygen atoms in total. The Labute approximate surface area is 275 Å². The zero-order valence-electron chi connectivity index (χ0n) is 23.6. The predicted molar refractivity (Wildman–Crippen MR) is 179 cm³/mol. The third-order valence-corrected chi connectivity index (χ3v) is 7.77. The van der Waals surface area contributed by atoms with E-state index in [-0.39, 0.29) is 11.3 Å². The fourth-order valence-electron chi connectivity index (χ4n) is 4.54. The van der Waals surface area contributed by atoms with Crippen LogP contribution in [-0.2, 0) is 0 Å². The Morgan fingerprint density at radius 1 is 0.886 bits per heavy atom. The van der Waals surface area contributed by atoms with Gasteiger partial charge in [0.1, 0.15) is 11.4 Å². The number of hydrogen-bond donors (Lipinski definition) is 2. The molecular weight excluding hydrogens is 714 g/mol. The summed E-state index contributed by atoms with van der Waals surface area (Å²) in [7, 11) is 0. The monoisotopic (exact) mass is 737 g/mol. The number of carbonyl (C=O) groups is 2. The maximum Gasteiger partial charge on any atom is 0.343 e. The molecule has 1 heterocycles. The van der Waals surface area contributed by atoms with E-state index in [1.54, 1.807) is 42.5 Å². The maximum absolute atomic E-state index is 13.4. The van der Waals surface area contributed by atoms with Gasteiger partial charge in [-0.05, 0) is 74.5 Å². The quantitative estimate of drug-likeness (QED) is 0.0646. The van der Waals surface area contributed by atoms with Crippen molar-refractivity contribution in [2.75, 3.05) is 13.2 Å². The normalized spacial score (nSPS) is 11.1. The molecule has 0 aliphatic heterocycles. The van der Waals surface area contributed by atoms with Gasteiger partial charge in [-0.1, -0.05) is 61.7 Å². The summed E-state index contributed by atoms with van der Waals surface area (Å²) in [4.78, 5) is 29.7. The van der Waals surface area contributed by atoms with E-state index in [9.17, 15) is 9.59 Å². The number of aromatic nitrogens is 1. The average molecular weight is 740 g/mol. The number of esters is 1. The van der Waals surface area contributed by atoms with Crippen molar-refractivity contribution < 1.29 is 23.8 Å². The minimum Gasteiger partial charge on any atom is -0.490 e. The van der Waals surface area contributed by atoms with E-state index >= 15 is 0 Å². The van der Waals surface area contributed by atoms with Crippen molar-refractivity contribution in [3.63, 3.8) is 0 Å². The van der Waals surface area contributed by atoms with Crippen molar-refractivity contribution in [1.82, 2.24) is 10.4 Å². The van der Waals surface area contributed by atoms with E-state index in [0.717, 1.165) is 19.8 Å². The molecule has 0 saturated carbocycles. The lowest BCUT2D eigenvalue weighted by Crippen LogP contribution is -2.19. The van der Waals surface area contributed by atoms with Crippen molar-refractivity contribution in [3.8, 4) is 28.4 Å². The molecule has 2 N–H and O–H groups in total. The molecule has 0 unspecified atom stereocenters. The highest BCUT2D eigenvalue weighted by Gasteiger charge is 2.21. The van der Waals surface area contributed by atoms with E-state index in [1.807, 2.05) is 50.2 Å². The zero-order valence-corrected chi connectivity index (χ0v) is 27.5. The summed E-state index contributed by atoms with van der Waals surface area (Å²) in [5.41, 5.74) is 5.74. The summed E-state index contributed by atoms with van der Waals surface area (Å²) in [5.74, 6) is 0.164. The van der Waals surface area contributed by atoms with Gasteiger partial charge in [0.05, 0.1) is 25.0 Å². The highest BCUT2D eigenvalue weighted by molar-refractivity contribution is 9.10. The van der Waals surface area contributed by atoms with Crippen LogP contribution in [0.2, 0.25) is 5.02 Å². The number of hydrogen-bond acceptors (Lipinski definition) is 6. The fraction of sp³-hybridized carbons (Fsp3) is 0.121. The van der Waals surface area contributed by atoms with Crippen molar-refractivity contribution in [2.45, 2.75) is 13.8 Å². The minimum atomic E-state index is -0.594. The fourth-order valence-corrected chi connectivity index (χ4v) is 5.51. The topological polar surface area (TPSA) is 102 Å². The van der Waals surface area contributed by atoms with Gasteiger partial charge in [-0.15, -0.1) is 0 Å². The van der Waals surface area contributed by atoms with Crippen LogP contribution in [0.25, 0.3) is 22.0 Å². The molecule has 5 rings (SSSR count). The van der Waals surface area contributed by atoms with Crippen molar-refractivity contribution in [3.05, 3.63) is 110 Å². The number of halogens is 3. The van der Waals surface area contributed by atoms with Gasteiger partial charge in [-0.25, -0.2) is 10.2 Å². The second kappa shape index (κ2) is 14.1. The second-order valence-electron chi connectivity index (χ2n) is 9.34. The molecule has 0 spiro atoms. The molecule has 1 aromatic heterocycles. The molecule has 0 saturated heterocycles. The summed E-state index contributed by atoms with van der Waals surface area (Å²) in [6, 6.07) is 23.0. The third-order valence-electron chi connectivity index (χ3n) is 6.45. The van der Waals surface area contributed by atoms with E-state index in [4.69, 9.17) is 25.8 Å². The van der Waals surface area contributed by atoms with Gasteiger partial charge >= 0.3 is 5.97 Å². The molecule has 0 aliphatic rings. The first kappa shape index (κ1) is 31.3. The number of fused-ring (bicyclic) bond motifs is 1. The Bertz CT molecular complexity index is 1890. The smallest absolute Gasteiger partial charge is 0.343 e. The largest absolute Gasteiger partial charge is 0.490 e. The van der Waals surface area contributed by atoms with Crippen LogP contribution in [0.3, 0.4) is 0 Å². The van der Waals surface area contributed by atoms with Crippen LogP contribution in [0.4, 0.5) is 0 Å². The summed E-state index contributed by atoms with van der Waals surface area (Å²) in [5, 5.41) is 5.51. The molecule has 44 heavy (non-hydrogen) atoms. The predicted octanol–water partition coefficient (Wildman–Crippen LogP) is 8.79. The summed E-state index contributed by atoms with van der Waals surface area (Å²) < 4.78 is 18.5. The first-order valence-corrected chi connectivity index (χ1v) is 15.6. The van der Waals surface area contributed by atoms with Crippen LogP contribution in [0.5, 0.6) is 17.2 Å². The van der Waals surface area contributed by atoms with Crippen molar-refractivity contribution >= 4 is 72.5 Å². The highest BCUT2D eigenvalue weighted by atomic mass is 79.9. The van der Waals surface area contributed by atoms with Crippen molar-refractivity contribution in [2.24, 2.45) is 5.10 Å². The Hall–Kier alpha value is -4.12. The Kier molecular flexibility index (Phi) is 10.0.